The molecule has 0 aliphatic heterocycles. The summed E-state index contributed by atoms with van der Waals surface area (Å²) >= 11 is 2.15. The Morgan fingerprint density at radius 2 is 2.17 bits per heavy atom. The molecule has 5 nitrogen and oxygen atoms in total. The van der Waals surface area contributed by atoms with E-state index in [0.29, 0.717) is 12.6 Å². The Morgan fingerprint density at radius 1 is 1.58 bits per heavy atom. The van der Waals surface area contributed by atoms with Gasteiger partial charge in [0.25, 0.3) is 0 Å². The van der Waals surface area contributed by atoms with Crippen molar-refractivity contribution in [2.24, 2.45) is 0 Å². The summed E-state index contributed by atoms with van der Waals surface area (Å²) in [5.74, 6) is 0. The van der Waals surface area contributed by atoms with Gasteiger partial charge >= 0.3 is 7.82 Å². The van der Waals surface area contributed by atoms with Crippen LogP contribution < -0.4 is 0 Å². The Balaban J connectivity index is 2.05. The van der Waals surface area contributed by atoms with Gasteiger partial charge in [0.1, 0.15) is 0 Å². The zero-order valence-electron chi connectivity index (χ0n) is 6.39. The SMILES string of the molecule is O=P(O)(O)OCCN(I)C1CC1. The number of halogens is 1. The van der Waals surface area contributed by atoms with E-state index >= 15 is 0 Å². The first-order chi connectivity index (χ1) is 5.49. The molecular weight excluding hydrogens is 296 g/mol. The van der Waals surface area contributed by atoms with Crippen molar-refractivity contribution < 1.29 is 18.9 Å². The lowest BCUT2D eigenvalue weighted by atomic mass is 10.6. The van der Waals surface area contributed by atoms with Crippen LogP contribution in [0.4, 0.5) is 0 Å². The predicted molar refractivity (Wildman–Crippen MR) is 51.7 cm³/mol. The van der Waals surface area contributed by atoms with E-state index in [4.69, 9.17) is 9.79 Å². The molecule has 1 aliphatic rings. The number of nitrogens with zero attached hydrogens (tertiary/aromatic N) is 1. The standard InChI is InChI=1S/C5H11INO4P/c6-7(5-1-2-5)3-4-11-12(8,9)10/h5H,1-4H2,(H2,8,9,10). The topological polar surface area (TPSA) is 70.0 Å². The van der Waals surface area contributed by atoms with E-state index in [1.165, 1.54) is 12.8 Å². The number of rotatable bonds is 5. The number of phosphoric ester groups is 1. The van der Waals surface area contributed by atoms with Crippen LogP contribution in [0.25, 0.3) is 0 Å². The first kappa shape index (κ1) is 10.9. The van der Waals surface area contributed by atoms with Crippen molar-refractivity contribution in [1.29, 1.82) is 0 Å². The number of phosphoric acid groups is 1. The van der Waals surface area contributed by atoms with E-state index in [1.54, 1.807) is 0 Å². The van der Waals surface area contributed by atoms with Crippen LogP contribution in [0.15, 0.2) is 0 Å². The van der Waals surface area contributed by atoms with Gasteiger partial charge in [-0.1, -0.05) is 0 Å². The molecule has 0 aromatic rings. The van der Waals surface area contributed by atoms with Crippen molar-refractivity contribution in [3.63, 3.8) is 0 Å². The lowest BCUT2D eigenvalue weighted by Gasteiger charge is -2.12. The molecule has 0 radical (unpaired) electrons. The highest BCUT2D eigenvalue weighted by molar-refractivity contribution is 14.1. The van der Waals surface area contributed by atoms with Crippen LogP contribution in [0.5, 0.6) is 0 Å². The van der Waals surface area contributed by atoms with E-state index in [1.807, 2.05) is 3.11 Å². The minimum atomic E-state index is -4.26. The molecule has 0 atom stereocenters. The maximum Gasteiger partial charge on any atom is 0.469 e. The molecule has 1 saturated carbocycles. The average molecular weight is 307 g/mol. The third-order valence-electron chi connectivity index (χ3n) is 1.51. The van der Waals surface area contributed by atoms with E-state index in [9.17, 15) is 4.57 Å². The van der Waals surface area contributed by atoms with Gasteiger partial charge in [-0.25, -0.2) is 7.68 Å². The summed E-state index contributed by atoms with van der Waals surface area (Å²) in [6.07, 6.45) is 2.36. The lowest BCUT2D eigenvalue weighted by Crippen LogP contribution is -2.18. The van der Waals surface area contributed by atoms with E-state index in [-0.39, 0.29) is 6.61 Å². The highest BCUT2D eigenvalue weighted by Gasteiger charge is 2.27. The van der Waals surface area contributed by atoms with Crippen LogP contribution in [-0.4, -0.2) is 32.1 Å². The molecule has 0 amide bonds. The van der Waals surface area contributed by atoms with Gasteiger partial charge in [0.15, 0.2) is 0 Å². The monoisotopic (exact) mass is 307 g/mol. The Hall–Kier alpha value is 0.800. The summed E-state index contributed by atoms with van der Waals surface area (Å²) in [7, 11) is -4.26. The van der Waals surface area contributed by atoms with Crippen molar-refractivity contribution in [3.8, 4) is 0 Å². The fourth-order valence-electron chi connectivity index (χ4n) is 0.784. The maximum atomic E-state index is 10.2. The Bertz CT molecular complexity index is 192. The van der Waals surface area contributed by atoms with Gasteiger partial charge in [-0.15, -0.1) is 0 Å². The van der Waals surface area contributed by atoms with E-state index in [0.717, 1.165) is 0 Å². The minimum Gasteiger partial charge on any atom is -0.303 e. The third-order valence-corrected chi connectivity index (χ3v) is 3.30. The first-order valence-electron chi connectivity index (χ1n) is 3.61. The average Bonchev–Trinajstić information content (AvgIpc) is 2.64. The van der Waals surface area contributed by atoms with Gasteiger partial charge in [-0.2, -0.15) is 0 Å². The Morgan fingerprint density at radius 3 is 2.58 bits per heavy atom. The quantitative estimate of drug-likeness (QED) is 0.449. The molecule has 2 N–H and O–H groups in total. The zero-order chi connectivity index (χ0) is 9.19. The minimum absolute atomic E-state index is 0.0870. The first-order valence-corrected chi connectivity index (χ1v) is 6.11. The number of hydrogen-bond donors (Lipinski definition) is 2. The smallest absolute Gasteiger partial charge is 0.303 e. The van der Waals surface area contributed by atoms with Crippen molar-refractivity contribution in [3.05, 3.63) is 0 Å². The second-order valence-corrected chi connectivity index (χ2v) is 5.16. The molecule has 0 aromatic heterocycles. The van der Waals surface area contributed by atoms with Crippen molar-refractivity contribution in [1.82, 2.24) is 3.11 Å². The lowest BCUT2D eigenvalue weighted by molar-refractivity contribution is 0.189. The largest absolute Gasteiger partial charge is 0.469 e. The highest BCUT2D eigenvalue weighted by Crippen LogP contribution is 2.36. The second kappa shape index (κ2) is 4.34. The molecule has 0 bridgehead atoms. The maximum absolute atomic E-state index is 10.2. The van der Waals surface area contributed by atoms with Crippen LogP contribution in [0.2, 0.25) is 0 Å². The molecule has 0 saturated heterocycles. The molecule has 0 spiro atoms. The van der Waals surface area contributed by atoms with Crippen LogP contribution in [0.3, 0.4) is 0 Å². The fraction of sp³-hybridized carbons (Fsp3) is 1.00. The van der Waals surface area contributed by atoms with Crippen LogP contribution >= 0.6 is 30.7 Å². The molecular formula is C5H11INO4P. The molecule has 0 unspecified atom stereocenters. The van der Waals surface area contributed by atoms with Gasteiger partial charge in [0.05, 0.1) is 6.61 Å². The molecule has 1 fully saturated rings. The molecule has 1 aliphatic carbocycles. The van der Waals surface area contributed by atoms with E-state index in [2.05, 4.69) is 27.4 Å². The normalized spacial score (nSPS) is 18.7. The summed E-state index contributed by atoms with van der Waals surface area (Å²) in [6, 6.07) is 0.589. The van der Waals surface area contributed by atoms with Gasteiger partial charge in [0, 0.05) is 35.5 Å². The molecule has 1 rings (SSSR count). The molecule has 7 heteroatoms. The summed E-state index contributed by atoms with van der Waals surface area (Å²) in [5, 5.41) is 0. The van der Waals surface area contributed by atoms with Crippen molar-refractivity contribution >= 4 is 30.7 Å². The molecule has 12 heavy (non-hydrogen) atoms. The number of hydrogen-bond acceptors (Lipinski definition) is 3. The highest BCUT2D eigenvalue weighted by atomic mass is 127. The second-order valence-electron chi connectivity index (χ2n) is 2.68. The summed E-state index contributed by atoms with van der Waals surface area (Å²) < 4.78 is 16.6. The van der Waals surface area contributed by atoms with Crippen LogP contribution in [0, 0.1) is 0 Å². The summed E-state index contributed by atoms with van der Waals surface area (Å²) in [5.41, 5.74) is 0. The Kier molecular flexibility index (Phi) is 3.94. The molecule has 0 aromatic carbocycles. The third kappa shape index (κ3) is 4.74. The fourth-order valence-corrected chi connectivity index (χ4v) is 1.86. The summed E-state index contributed by atoms with van der Waals surface area (Å²) in [6.45, 7) is 0.653. The van der Waals surface area contributed by atoms with E-state index < -0.39 is 7.82 Å². The van der Waals surface area contributed by atoms with Gasteiger partial charge < -0.3 is 9.79 Å². The van der Waals surface area contributed by atoms with Gasteiger partial charge in [0.2, 0.25) is 0 Å². The predicted octanol–water partition coefficient (Wildman–Crippen LogP) is 0.910. The summed E-state index contributed by atoms with van der Waals surface area (Å²) in [4.78, 5) is 16.7. The van der Waals surface area contributed by atoms with Crippen molar-refractivity contribution in [2.45, 2.75) is 18.9 Å². The van der Waals surface area contributed by atoms with Gasteiger partial charge in [-0.05, 0) is 12.8 Å². The molecule has 72 valence electrons. The van der Waals surface area contributed by atoms with Crippen LogP contribution in [-0.2, 0) is 9.09 Å². The Labute approximate surface area is 84.8 Å². The van der Waals surface area contributed by atoms with Crippen LogP contribution in [0.1, 0.15) is 12.8 Å². The van der Waals surface area contributed by atoms with Gasteiger partial charge in [-0.3, -0.25) is 4.52 Å². The van der Waals surface area contributed by atoms with Crippen molar-refractivity contribution in [2.75, 3.05) is 13.2 Å². The zero-order valence-corrected chi connectivity index (χ0v) is 9.44. The molecule has 0 heterocycles.